The molecule has 2 rings (SSSR count). The van der Waals surface area contributed by atoms with E-state index in [1.165, 1.54) is 6.07 Å². The zero-order valence-corrected chi connectivity index (χ0v) is 8.45. The molecule has 88 valence electrons. The summed E-state index contributed by atoms with van der Waals surface area (Å²) in [6.07, 6.45) is -3.62. The maximum absolute atomic E-state index is 12.0. The molecule has 0 unspecified atom stereocenters. The zero-order chi connectivity index (χ0) is 12.5. The Hall–Kier alpha value is -2.11. The van der Waals surface area contributed by atoms with Crippen molar-refractivity contribution >= 4 is 16.8 Å². The fraction of sp³-hybridized carbons (Fsp3) is 0.0909. The van der Waals surface area contributed by atoms with Crippen LogP contribution in [-0.2, 0) is 0 Å². The van der Waals surface area contributed by atoms with Crippen LogP contribution in [-0.4, -0.2) is 17.2 Å². The summed E-state index contributed by atoms with van der Waals surface area (Å²) >= 11 is 0. The molecule has 0 spiro atoms. The number of alkyl halides is 3. The van der Waals surface area contributed by atoms with Crippen LogP contribution in [0.2, 0.25) is 0 Å². The average Bonchev–Trinajstić information content (AvgIpc) is 2.26. The first-order valence-electron chi connectivity index (χ1n) is 4.70. The molecule has 2 aromatic rings. The van der Waals surface area contributed by atoms with Crippen molar-refractivity contribution < 1.29 is 18.0 Å². The third-order valence-corrected chi connectivity index (χ3v) is 2.11. The Labute approximate surface area is 94.3 Å². The molecule has 1 heterocycles. The van der Waals surface area contributed by atoms with Gasteiger partial charge in [-0.2, -0.15) is 13.2 Å². The van der Waals surface area contributed by atoms with E-state index in [0.29, 0.717) is 10.9 Å². The first-order valence-corrected chi connectivity index (χ1v) is 4.70. The number of nitrogens with zero attached hydrogens (tertiary/aromatic N) is 1. The maximum Gasteiger partial charge on any atom is 0.484 e. The molecule has 0 bridgehead atoms. The van der Waals surface area contributed by atoms with Crippen molar-refractivity contribution in [3.8, 4) is 0 Å². The Bertz CT molecular complexity index is 566. The molecule has 0 radical (unpaired) electrons. The number of hydrogen-bond donors (Lipinski definition) is 1. The highest BCUT2D eigenvalue weighted by Crippen LogP contribution is 2.15. The van der Waals surface area contributed by atoms with Crippen molar-refractivity contribution in [2.75, 3.05) is 0 Å². The Kier molecular flexibility index (Phi) is 2.71. The fourth-order valence-electron chi connectivity index (χ4n) is 1.40. The molecular formula is C11H7F3N2O. The second kappa shape index (κ2) is 4.04. The van der Waals surface area contributed by atoms with Crippen molar-refractivity contribution in [2.45, 2.75) is 6.30 Å². The van der Waals surface area contributed by atoms with Gasteiger partial charge in [0.2, 0.25) is 0 Å². The lowest BCUT2D eigenvalue weighted by Crippen LogP contribution is -2.37. The van der Waals surface area contributed by atoms with Crippen LogP contribution in [0.25, 0.3) is 10.9 Å². The summed E-state index contributed by atoms with van der Waals surface area (Å²) in [6, 6.07) is 8.22. The Morgan fingerprint density at radius 2 is 1.94 bits per heavy atom. The standard InChI is InChI=1S/C11H7F3N2O/c12-11(13,14)16-10(17)8-5-7-3-1-2-4-9(7)15-6-8/h1-6H,(H,16,17). The molecule has 1 aromatic heterocycles. The Balaban J connectivity index is 2.33. The van der Waals surface area contributed by atoms with E-state index in [0.717, 1.165) is 11.5 Å². The molecule has 0 saturated heterocycles. The third-order valence-electron chi connectivity index (χ3n) is 2.11. The van der Waals surface area contributed by atoms with Crippen LogP contribution in [0, 0.1) is 0 Å². The number of amides is 1. The number of rotatable bonds is 1. The molecule has 3 nitrogen and oxygen atoms in total. The molecule has 0 fully saturated rings. The van der Waals surface area contributed by atoms with E-state index >= 15 is 0 Å². The zero-order valence-electron chi connectivity index (χ0n) is 8.45. The fourth-order valence-corrected chi connectivity index (χ4v) is 1.40. The lowest BCUT2D eigenvalue weighted by molar-refractivity contribution is -0.146. The second-order valence-corrected chi connectivity index (χ2v) is 3.37. The third kappa shape index (κ3) is 2.72. The van der Waals surface area contributed by atoms with Gasteiger partial charge in [-0.25, -0.2) is 0 Å². The smallest absolute Gasteiger partial charge is 0.269 e. The van der Waals surface area contributed by atoms with Gasteiger partial charge < -0.3 is 0 Å². The summed E-state index contributed by atoms with van der Waals surface area (Å²) in [5.74, 6) is -1.21. The van der Waals surface area contributed by atoms with Crippen LogP contribution in [0.15, 0.2) is 36.5 Å². The molecule has 1 amide bonds. The highest BCUT2D eigenvalue weighted by Gasteiger charge is 2.30. The molecule has 0 saturated carbocycles. The van der Waals surface area contributed by atoms with E-state index in [4.69, 9.17) is 0 Å². The normalized spacial score (nSPS) is 11.5. The summed E-state index contributed by atoms with van der Waals surface area (Å²) in [4.78, 5) is 15.1. The lowest BCUT2D eigenvalue weighted by atomic mass is 10.1. The largest absolute Gasteiger partial charge is 0.484 e. The SMILES string of the molecule is O=C(NC(F)(F)F)c1cnc2ccccc2c1. The number of pyridine rings is 1. The number of carbonyl (C=O) groups is 1. The van der Waals surface area contributed by atoms with E-state index in [9.17, 15) is 18.0 Å². The van der Waals surface area contributed by atoms with Gasteiger partial charge in [0.25, 0.3) is 5.91 Å². The molecule has 6 heteroatoms. The molecule has 0 atom stereocenters. The van der Waals surface area contributed by atoms with E-state index in [-0.39, 0.29) is 5.56 Å². The van der Waals surface area contributed by atoms with Crippen LogP contribution in [0.3, 0.4) is 0 Å². The van der Waals surface area contributed by atoms with E-state index in [2.05, 4.69) is 4.98 Å². The Morgan fingerprint density at radius 1 is 1.24 bits per heavy atom. The van der Waals surface area contributed by atoms with E-state index in [1.807, 2.05) is 0 Å². The van der Waals surface area contributed by atoms with Crippen molar-refractivity contribution in [1.29, 1.82) is 0 Å². The van der Waals surface area contributed by atoms with Crippen LogP contribution in [0.4, 0.5) is 13.2 Å². The summed E-state index contributed by atoms with van der Waals surface area (Å²) in [6.45, 7) is 0. The van der Waals surface area contributed by atoms with E-state index in [1.54, 1.807) is 24.3 Å². The quantitative estimate of drug-likeness (QED) is 0.778. The minimum absolute atomic E-state index is 0.124. The highest BCUT2D eigenvalue weighted by atomic mass is 19.4. The predicted octanol–water partition coefficient (Wildman–Crippen LogP) is 2.48. The number of benzene rings is 1. The second-order valence-electron chi connectivity index (χ2n) is 3.37. The van der Waals surface area contributed by atoms with Gasteiger partial charge in [-0.3, -0.25) is 15.1 Å². The lowest BCUT2D eigenvalue weighted by Gasteiger charge is -2.08. The number of aromatic nitrogens is 1. The van der Waals surface area contributed by atoms with Crippen LogP contribution in [0.1, 0.15) is 10.4 Å². The molecule has 0 aliphatic rings. The molecule has 0 aliphatic heterocycles. The first-order chi connectivity index (χ1) is 7.96. The minimum atomic E-state index is -4.73. The van der Waals surface area contributed by atoms with Crippen molar-refractivity contribution in [1.82, 2.24) is 10.3 Å². The summed E-state index contributed by atoms with van der Waals surface area (Å²) in [5, 5.41) is 1.53. The highest BCUT2D eigenvalue weighted by molar-refractivity contribution is 5.97. The number of hydrogen-bond acceptors (Lipinski definition) is 2. The predicted molar refractivity (Wildman–Crippen MR) is 55.3 cm³/mol. The number of para-hydroxylation sites is 1. The number of halogens is 3. The van der Waals surface area contributed by atoms with Crippen molar-refractivity contribution in [3.05, 3.63) is 42.1 Å². The van der Waals surface area contributed by atoms with Gasteiger partial charge in [0.15, 0.2) is 0 Å². The number of carbonyl (C=O) groups excluding carboxylic acids is 1. The van der Waals surface area contributed by atoms with Gasteiger partial charge in [0.05, 0.1) is 11.1 Å². The van der Waals surface area contributed by atoms with Gasteiger partial charge in [-0.15, -0.1) is 0 Å². The molecule has 17 heavy (non-hydrogen) atoms. The van der Waals surface area contributed by atoms with Gasteiger partial charge >= 0.3 is 6.30 Å². The molecule has 0 aliphatic carbocycles. The summed E-state index contributed by atoms with van der Waals surface area (Å²) in [7, 11) is 0. The van der Waals surface area contributed by atoms with Crippen molar-refractivity contribution in [2.24, 2.45) is 0 Å². The number of nitrogens with one attached hydrogen (secondary N) is 1. The van der Waals surface area contributed by atoms with Crippen LogP contribution in [0.5, 0.6) is 0 Å². The molecule has 1 aromatic carbocycles. The first kappa shape index (κ1) is 11.4. The average molecular weight is 240 g/mol. The maximum atomic E-state index is 12.0. The topological polar surface area (TPSA) is 42.0 Å². The van der Waals surface area contributed by atoms with Crippen LogP contribution < -0.4 is 5.32 Å². The summed E-state index contributed by atoms with van der Waals surface area (Å²) < 4.78 is 35.9. The molecular weight excluding hydrogens is 233 g/mol. The Morgan fingerprint density at radius 3 is 2.65 bits per heavy atom. The van der Waals surface area contributed by atoms with E-state index < -0.39 is 12.2 Å². The van der Waals surface area contributed by atoms with Gasteiger partial charge in [-0.1, -0.05) is 18.2 Å². The number of fused-ring (bicyclic) bond motifs is 1. The van der Waals surface area contributed by atoms with Gasteiger partial charge in [0, 0.05) is 11.6 Å². The summed E-state index contributed by atoms with van der Waals surface area (Å²) in [5.41, 5.74) is 0.497. The van der Waals surface area contributed by atoms with Crippen LogP contribution >= 0.6 is 0 Å². The van der Waals surface area contributed by atoms with Gasteiger partial charge in [0.1, 0.15) is 0 Å². The molecule has 1 N–H and O–H groups in total. The minimum Gasteiger partial charge on any atom is -0.269 e. The van der Waals surface area contributed by atoms with Gasteiger partial charge in [-0.05, 0) is 12.1 Å². The monoisotopic (exact) mass is 240 g/mol. The van der Waals surface area contributed by atoms with Crippen molar-refractivity contribution in [3.63, 3.8) is 0 Å².